The highest BCUT2D eigenvalue weighted by molar-refractivity contribution is 6.04. The van der Waals surface area contributed by atoms with Gasteiger partial charge in [-0.15, -0.1) is 0 Å². The van der Waals surface area contributed by atoms with Crippen LogP contribution in [0.4, 0.5) is 11.4 Å². The normalized spacial score (nSPS) is 23.5. The highest BCUT2D eigenvalue weighted by Gasteiger charge is 2.41. The molecule has 6 heteroatoms. The molecule has 0 bridgehead atoms. The van der Waals surface area contributed by atoms with Crippen LogP contribution in [0.15, 0.2) is 18.2 Å². The van der Waals surface area contributed by atoms with Gasteiger partial charge in [0.15, 0.2) is 5.60 Å². The Labute approximate surface area is 84.7 Å². The number of nitro groups is 1. The number of aliphatic hydroxyl groups is 1. The molecular formula is C9H8N2O4. The van der Waals surface area contributed by atoms with Gasteiger partial charge in [-0.25, -0.2) is 0 Å². The maximum absolute atomic E-state index is 11.3. The number of nitrogens with zero attached hydrogens (tertiary/aromatic N) is 1. The summed E-state index contributed by atoms with van der Waals surface area (Å²) in [4.78, 5) is 21.2. The van der Waals surface area contributed by atoms with Crippen molar-refractivity contribution in [1.82, 2.24) is 0 Å². The summed E-state index contributed by atoms with van der Waals surface area (Å²) in [5.74, 6) is -0.571. The molecular weight excluding hydrogens is 200 g/mol. The predicted octanol–water partition coefficient (Wildman–Crippen LogP) is 0.754. The molecule has 1 amide bonds. The molecule has 6 nitrogen and oxygen atoms in total. The molecule has 2 N–H and O–H groups in total. The first-order valence-electron chi connectivity index (χ1n) is 4.25. The minimum atomic E-state index is -1.69. The van der Waals surface area contributed by atoms with Crippen LogP contribution in [0, 0.1) is 10.1 Å². The van der Waals surface area contributed by atoms with Gasteiger partial charge in [-0.3, -0.25) is 14.9 Å². The molecule has 0 saturated carbocycles. The fourth-order valence-corrected chi connectivity index (χ4v) is 1.52. The summed E-state index contributed by atoms with van der Waals surface area (Å²) >= 11 is 0. The molecule has 0 radical (unpaired) electrons. The number of carbonyl (C=O) groups is 1. The third kappa shape index (κ3) is 1.26. The highest BCUT2D eigenvalue weighted by Crippen LogP contribution is 2.37. The largest absolute Gasteiger partial charge is 0.375 e. The van der Waals surface area contributed by atoms with Crippen molar-refractivity contribution in [3.05, 3.63) is 33.9 Å². The van der Waals surface area contributed by atoms with Crippen LogP contribution in [0.5, 0.6) is 0 Å². The minimum Gasteiger partial charge on any atom is -0.375 e. The first-order chi connectivity index (χ1) is 6.93. The molecule has 78 valence electrons. The number of fused-ring (bicyclic) bond motifs is 1. The summed E-state index contributed by atoms with van der Waals surface area (Å²) in [6.45, 7) is 1.30. The maximum Gasteiger partial charge on any atom is 0.269 e. The fourth-order valence-electron chi connectivity index (χ4n) is 1.52. The van der Waals surface area contributed by atoms with E-state index in [0.29, 0.717) is 5.69 Å². The summed E-state index contributed by atoms with van der Waals surface area (Å²) in [6, 6.07) is 3.89. The number of non-ortho nitro benzene ring substituents is 1. The van der Waals surface area contributed by atoms with E-state index in [2.05, 4.69) is 5.32 Å². The molecule has 0 unspecified atom stereocenters. The number of hydrogen-bond acceptors (Lipinski definition) is 4. The standard InChI is InChI=1S/C9H8N2O4/c1-9(13)6-4-5(11(14)15)2-3-7(6)10-8(9)12/h2-4,13H,1H3,(H,10,12)/t9-/m1/s1. The summed E-state index contributed by atoms with van der Waals surface area (Å²) in [5.41, 5.74) is -1.19. The Kier molecular flexibility index (Phi) is 1.77. The number of nitro benzene ring substituents is 1. The van der Waals surface area contributed by atoms with Gasteiger partial charge in [0.1, 0.15) is 0 Å². The number of anilines is 1. The third-order valence-corrected chi connectivity index (χ3v) is 2.43. The number of hydrogen-bond donors (Lipinski definition) is 2. The maximum atomic E-state index is 11.3. The first kappa shape index (κ1) is 9.60. The summed E-state index contributed by atoms with van der Waals surface area (Å²) < 4.78 is 0. The van der Waals surface area contributed by atoms with Gasteiger partial charge < -0.3 is 10.4 Å². The molecule has 1 heterocycles. The average Bonchev–Trinajstić information content (AvgIpc) is 2.38. The third-order valence-electron chi connectivity index (χ3n) is 2.43. The number of benzene rings is 1. The van der Waals surface area contributed by atoms with Gasteiger partial charge in [-0.1, -0.05) is 0 Å². The van der Waals surface area contributed by atoms with Crippen molar-refractivity contribution in [3.63, 3.8) is 0 Å². The van der Waals surface area contributed by atoms with Crippen LogP contribution in [0.25, 0.3) is 0 Å². The lowest BCUT2D eigenvalue weighted by Crippen LogP contribution is -2.30. The van der Waals surface area contributed by atoms with Crippen LogP contribution in [-0.4, -0.2) is 15.9 Å². The quantitative estimate of drug-likeness (QED) is 0.526. The number of amides is 1. The monoisotopic (exact) mass is 208 g/mol. The molecule has 1 atom stereocenters. The van der Waals surface area contributed by atoms with E-state index >= 15 is 0 Å². The van der Waals surface area contributed by atoms with Gasteiger partial charge in [-0.05, 0) is 13.0 Å². The molecule has 2 rings (SSSR count). The molecule has 0 aliphatic carbocycles. The molecule has 0 fully saturated rings. The Morgan fingerprint density at radius 2 is 2.20 bits per heavy atom. The van der Waals surface area contributed by atoms with Crippen molar-refractivity contribution in [2.75, 3.05) is 5.32 Å². The summed E-state index contributed by atoms with van der Waals surface area (Å²) in [6.07, 6.45) is 0. The van der Waals surface area contributed by atoms with E-state index in [1.54, 1.807) is 0 Å². The molecule has 0 spiro atoms. The van der Waals surface area contributed by atoms with Gasteiger partial charge >= 0.3 is 0 Å². The molecule has 1 aromatic rings. The van der Waals surface area contributed by atoms with Gasteiger partial charge in [0, 0.05) is 23.4 Å². The van der Waals surface area contributed by atoms with E-state index in [1.165, 1.54) is 25.1 Å². The Balaban J connectivity index is 2.59. The Morgan fingerprint density at radius 3 is 2.80 bits per heavy atom. The Bertz CT molecular complexity index is 467. The molecule has 1 aliphatic rings. The van der Waals surface area contributed by atoms with Crippen LogP contribution < -0.4 is 5.32 Å². The van der Waals surface area contributed by atoms with E-state index < -0.39 is 16.4 Å². The smallest absolute Gasteiger partial charge is 0.269 e. The molecule has 0 saturated heterocycles. The van der Waals surface area contributed by atoms with Crippen molar-refractivity contribution in [2.24, 2.45) is 0 Å². The number of carbonyl (C=O) groups excluding carboxylic acids is 1. The van der Waals surface area contributed by atoms with Gasteiger partial charge in [0.05, 0.1) is 4.92 Å². The van der Waals surface area contributed by atoms with Crippen LogP contribution in [0.1, 0.15) is 12.5 Å². The summed E-state index contributed by atoms with van der Waals surface area (Å²) in [5, 5.41) is 22.7. The van der Waals surface area contributed by atoms with E-state index in [4.69, 9.17) is 0 Å². The fraction of sp³-hybridized carbons (Fsp3) is 0.222. The van der Waals surface area contributed by atoms with E-state index in [0.717, 1.165) is 0 Å². The van der Waals surface area contributed by atoms with E-state index in [-0.39, 0.29) is 11.3 Å². The van der Waals surface area contributed by atoms with Crippen molar-refractivity contribution in [3.8, 4) is 0 Å². The van der Waals surface area contributed by atoms with Crippen molar-refractivity contribution in [2.45, 2.75) is 12.5 Å². The van der Waals surface area contributed by atoms with Crippen LogP contribution in [0.2, 0.25) is 0 Å². The van der Waals surface area contributed by atoms with Crippen LogP contribution in [-0.2, 0) is 10.4 Å². The zero-order valence-electron chi connectivity index (χ0n) is 7.85. The zero-order valence-corrected chi connectivity index (χ0v) is 7.85. The van der Waals surface area contributed by atoms with Crippen molar-refractivity contribution >= 4 is 17.3 Å². The van der Waals surface area contributed by atoms with Gasteiger partial charge in [-0.2, -0.15) is 0 Å². The second-order valence-electron chi connectivity index (χ2n) is 3.51. The lowest BCUT2D eigenvalue weighted by atomic mass is 9.97. The number of nitrogens with one attached hydrogen (secondary N) is 1. The molecule has 1 aliphatic heterocycles. The lowest BCUT2D eigenvalue weighted by molar-refractivity contribution is -0.385. The molecule has 0 aromatic heterocycles. The zero-order chi connectivity index (χ0) is 11.2. The first-order valence-corrected chi connectivity index (χ1v) is 4.25. The lowest BCUT2D eigenvalue weighted by Gasteiger charge is -2.12. The Hall–Kier alpha value is -1.95. The SMILES string of the molecule is C[C@]1(O)C(=O)Nc2ccc([N+](=O)[O-])cc21. The van der Waals surface area contributed by atoms with Crippen molar-refractivity contribution < 1.29 is 14.8 Å². The topological polar surface area (TPSA) is 92.5 Å². The summed E-state index contributed by atoms with van der Waals surface area (Å²) in [7, 11) is 0. The van der Waals surface area contributed by atoms with Gasteiger partial charge in [0.2, 0.25) is 0 Å². The van der Waals surface area contributed by atoms with Gasteiger partial charge in [0.25, 0.3) is 11.6 Å². The highest BCUT2D eigenvalue weighted by atomic mass is 16.6. The van der Waals surface area contributed by atoms with Crippen LogP contribution in [0.3, 0.4) is 0 Å². The molecule has 1 aromatic carbocycles. The second kappa shape index (κ2) is 2.77. The van der Waals surface area contributed by atoms with Crippen LogP contribution >= 0.6 is 0 Å². The number of rotatable bonds is 1. The minimum absolute atomic E-state index is 0.148. The van der Waals surface area contributed by atoms with Crippen molar-refractivity contribution in [1.29, 1.82) is 0 Å². The average molecular weight is 208 g/mol. The second-order valence-corrected chi connectivity index (χ2v) is 3.51. The Morgan fingerprint density at radius 1 is 1.53 bits per heavy atom. The predicted molar refractivity (Wildman–Crippen MR) is 51.3 cm³/mol. The molecule has 15 heavy (non-hydrogen) atoms. The van der Waals surface area contributed by atoms with E-state index in [9.17, 15) is 20.0 Å². The van der Waals surface area contributed by atoms with E-state index in [1.807, 2.05) is 0 Å².